The lowest BCUT2D eigenvalue weighted by molar-refractivity contribution is -0.116. The topological polar surface area (TPSA) is 58.6 Å². The molecule has 2 aromatic carbocycles. The van der Waals surface area contributed by atoms with Gasteiger partial charge in [-0.1, -0.05) is 41.4 Å². The molecule has 2 aromatic rings. The second-order valence-electron chi connectivity index (χ2n) is 5.01. The highest BCUT2D eigenvalue weighted by atomic mass is 35.5. The van der Waals surface area contributed by atoms with Crippen LogP contribution < -0.4 is 10.1 Å². The lowest BCUT2D eigenvalue weighted by Crippen LogP contribution is -2.35. The maximum absolute atomic E-state index is 12.5. The molecule has 0 aliphatic rings. The Bertz CT molecular complexity index is 745. The monoisotopic (exact) mass is 366 g/mol. The summed E-state index contributed by atoms with van der Waals surface area (Å²) in [7, 11) is 3.01. The first-order valence-electron chi connectivity index (χ1n) is 7.06. The number of likely N-dealkylation sites (N-methyl/N-ethyl adjacent to an activating group) is 1. The van der Waals surface area contributed by atoms with Gasteiger partial charge in [0.15, 0.2) is 0 Å². The molecule has 0 atom stereocenters. The van der Waals surface area contributed by atoms with Crippen molar-refractivity contribution >= 4 is 40.7 Å². The van der Waals surface area contributed by atoms with Gasteiger partial charge in [-0.25, -0.2) is 0 Å². The van der Waals surface area contributed by atoms with E-state index in [9.17, 15) is 9.59 Å². The van der Waals surface area contributed by atoms with Crippen molar-refractivity contribution in [1.29, 1.82) is 0 Å². The molecular weight excluding hydrogens is 351 g/mol. The fraction of sp³-hybridized carbons (Fsp3) is 0.176. The van der Waals surface area contributed by atoms with Gasteiger partial charge in [0.25, 0.3) is 5.91 Å². The number of hydrogen-bond acceptors (Lipinski definition) is 3. The van der Waals surface area contributed by atoms with Crippen LogP contribution in [0.1, 0.15) is 10.4 Å². The predicted molar refractivity (Wildman–Crippen MR) is 95.0 cm³/mol. The number of benzene rings is 2. The Hall–Kier alpha value is -2.24. The largest absolute Gasteiger partial charge is 0.496 e. The van der Waals surface area contributed by atoms with Gasteiger partial charge in [0, 0.05) is 7.05 Å². The second kappa shape index (κ2) is 8.04. The van der Waals surface area contributed by atoms with E-state index >= 15 is 0 Å². The number of anilines is 1. The number of ether oxygens (including phenoxy) is 1. The van der Waals surface area contributed by atoms with E-state index in [0.29, 0.717) is 27.0 Å². The Morgan fingerprint density at radius 1 is 1.08 bits per heavy atom. The molecule has 0 aliphatic heterocycles. The van der Waals surface area contributed by atoms with E-state index in [-0.39, 0.29) is 12.5 Å². The van der Waals surface area contributed by atoms with E-state index in [1.165, 1.54) is 19.1 Å². The highest BCUT2D eigenvalue weighted by molar-refractivity contribution is 6.39. The number of nitrogens with zero attached hydrogens (tertiary/aromatic N) is 1. The van der Waals surface area contributed by atoms with Gasteiger partial charge in [-0.3, -0.25) is 9.59 Å². The molecule has 0 aliphatic carbocycles. The van der Waals surface area contributed by atoms with Crippen molar-refractivity contribution in [3.8, 4) is 5.75 Å². The lowest BCUT2D eigenvalue weighted by Gasteiger charge is -2.18. The first kappa shape index (κ1) is 18.1. The highest BCUT2D eigenvalue weighted by Gasteiger charge is 2.19. The fourth-order valence-electron chi connectivity index (χ4n) is 2.11. The summed E-state index contributed by atoms with van der Waals surface area (Å²) in [4.78, 5) is 25.9. The normalized spacial score (nSPS) is 10.2. The van der Waals surface area contributed by atoms with E-state index in [4.69, 9.17) is 27.9 Å². The highest BCUT2D eigenvalue weighted by Crippen LogP contribution is 2.29. The van der Waals surface area contributed by atoms with Crippen LogP contribution in [0, 0.1) is 0 Å². The number of carbonyl (C=O) groups is 2. The number of rotatable bonds is 5. The third-order valence-corrected chi connectivity index (χ3v) is 3.92. The van der Waals surface area contributed by atoms with Crippen molar-refractivity contribution in [3.63, 3.8) is 0 Å². The molecule has 7 heteroatoms. The van der Waals surface area contributed by atoms with Crippen LogP contribution in [0.3, 0.4) is 0 Å². The standard InChI is InChI=1S/C17H16Cl2N2O3/c1-21(17(23)11-6-3-4-9-14(11)24-2)10-15(22)20-16-12(18)7-5-8-13(16)19/h3-9H,10H2,1-2H3,(H,20,22). The van der Waals surface area contributed by atoms with E-state index in [1.807, 2.05) is 0 Å². The Morgan fingerprint density at radius 3 is 2.33 bits per heavy atom. The molecule has 0 radical (unpaired) electrons. The van der Waals surface area contributed by atoms with Crippen LogP contribution in [0.25, 0.3) is 0 Å². The Morgan fingerprint density at radius 2 is 1.71 bits per heavy atom. The van der Waals surface area contributed by atoms with E-state index in [1.54, 1.807) is 42.5 Å². The molecule has 2 rings (SSSR count). The summed E-state index contributed by atoms with van der Waals surface area (Å²) >= 11 is 12.0. The van der Waals surface area contributed by atoms with Gasteiger partial charge in [0.05, 0.1) is 35.0 Å². The summed E-state index contributed by atoms with van der Waals surface area (Å²) in [5, 5.41) is 3.27. The van der Waals surface area contributed by atoms with E-state index in [0.717, 1.165) is 0 Å². The third kappa shape index (κ3) is 4.19. The molecule has 0 saturated heterocycles. The molecule has 1 N–H and O–H groups in total. The van der Waals surface area contributed by atoms with Crippen LogP contribution in [0.5, 0.6) is 5.75 Å². The maximum Gasteiger partial charge on any atom is 0.257 e. The summed E-state index contributed by atoms with van der Waals surface area (Å²) < 4.78 is 5.17. The van der Waals surface area contributed by atoms with Gasteiger partial charge >= 0.3 is 0 Å². The molecular formula is C17H16Cl2N2O3. The molecule has 5 nitrogen and oxygen atoms in total. The zero-order valence-electron chi connectivity index (χ0n) is 13.2. The SMILES string of the molecule is COc1ccccc1C(=O)N(C)CC(=O)Nc1c(Cl)cccc1Cl. The van der Waals surface area contributed by atoms with Crippen LogP contribution >= 0.6 is 23.2 Å². The number of carbonyl (C=O) groups excluding carboxylic acids is 2. The van der Waals surface area contributed by atoms with Crippen LogP contribution in [-0.2, 0) is 4.79 Å². The number of hydrogen-bond donors (Lipinski definition) is 1. The van der Waals surface area contributed by atoms with Crippen molar-refractivity contribution in [2.75, 3.05) is 26.0 Å². The van der Waals surface area contributed by atoms with Crippen LogP contribution in [-0.4, -0.2) is 37.4 Å². The zero-order chi connectivity index (χ0) is 17.7. The molecule has 126 valence electrons. The molecule has 2 amide bonds. The first-order chi connectivity index (χ1) is 11.4. The van der Waals surface area contributed by atoms with Crippen LogP contribution in [0.15, 0.2) is 42.5 Å². The summed E-state index contributed by atoms with van der Waals surface area (Å²) in [6, 6.07) is 11.7. The average Bonchev–Trinajstić information content (AvgIpc) is 2.57. The van der Waals surface area contributed by atoms with Gasteiger partial charge in [-0.05, 0) is 24.3 Å². The van der Waals surface area contributed by atoms with Crippen molar-refractivity contribution in [3.05, 3.63) is 58.1 Å². The molecule has 24 heavy (non-hydrogen) atoms. The smallest absolute Gasteiger partial charge is 0.257 e. The first-order valence-corrected chi connectivity index (χ1v) is 7.82. The lowest BCUT2D eigenvalue weighted by atomic mass is 10.2. The quantitative estimate of drug-likeness (QED) is 0.877. The van der Waals surface area contributed by atoms with Gasteiger partial charge in [-0.15, -0.1) is 0 Å². The van der Waals surface area contributed by atoms with Crippen LogP contribution in [0.4, 0.5) is 5.69 Å². The molecule has 0 aromatic heterocycles. The average molecular weight is 367 g/mol. The summed E-state index contributed by atoms with van der Waals surface area (Å²) in [5.74, 6) is -0.285. The van der Waals surface area contributed by atoms with Crippen molar-refractivity contribution in [1.82, 2.24) is 4.90 Å². The molecule has 0 unspecified atom stereocenters. The zero-order valence-corrected chi connectivity index (χ0v) is 14.7. The number of methoxy groups -OCH3 is 1. The Kier molecular flexibility index (Phi) is 6.06. The van der Waals surface area contributed by atoms with Gasteiger partial charge in [0.2, 0.25) is 5.91 Å². The van der Waals surface area contributed by atoms with Crippen molar-refractivity contribution in [2.24, 2.45) is 0 Å². The fourth-order valence-corrected chi connectivity index (χ4v) is 2.60. The van der Waals surface area contributed by atoms with Gasteiger partial charge in [0.1, 0.15) is 5.75 Å². The van der Waals surface area contributed by atoms with Crippen molar-refractivity contribution in [2.45, 2.75) is 0 Å². The number of para-hydroxylation sites is 2. The molecule has 0 heterocycles. The predicted octanol–water partition coefficient (Wildman–Crippen LogP) is 3.71. The summed E-state index contributed by atoms with van der Waals surface area (Å²) in [6.07, 6.45) is 0. The number of nitrogens with one attached hydrogen (secondary N) is 1. The minimum absolute atomic E-state index is 0.154. The van der Waals surface area contributed by atoms with Crippen LogP contribution in [0.2, 0.25) is 10.0 Å². The third-order valence-electron chi connectivity index (χ3n) is 3.29. The van der Waals surface area contributed by atoms with Crippen molar-refractivity contribution < 1.29 is 14.3 Å². The molecule has 0 bridgehead atoms. The minimum Gasteiger partial charge on any atom is -0.496 e. The van der Waals surface area contributed by atoms with E-state index < -0.39 is 5.91 Å². The number of amides is 2. The Labute approximate surface area is 150 Å². The minimum atomic E-state index is -0.407. The molecule has 0 fully saturated rings. The number of halogens is 2. The van der Waals surface area contributed by atoms with E-state index in [2.05, 4.69) is 5.32 Å². The summed E-state index contributed by atoms with van der Waals surface area (Å²) in [5.41, 5.74) is 0.704. The molecule has 0 spiro atoms. The summed E-state index contributed by atoms with van der Waals surface area (Å²) in [6.45, 7) is -0.154. The Balaban J connectivity index is 2.07. The molecule has 0 saturated carbocycles. The second-order valence-corrected chi connectivity index (χ2v) is 5.82. The maximum atomic E-state index is 12.5. The van der Waals surface area contributed by atoms with Gasteiger partial charge < -0.3 is 15.0 Å². The van der Waals surface area contributed by atoms with Gasteiger partial charge in [-0.2, -0.15) is 0 Å².